The summed E-state index contributed by atoms with van der Waals surface area (Å²) in [5.41, 5.74) is 1.47. The van der Waals surface area contributed by atoms with Crippen LogP contribution in [0.25, 0.3) is 0 Å². The van der Waals surface area contributed by atoms with Gasteiger partial charge in [-0.1, -0.05) is 29.3 Å². The van der Waals surface area contributed by atoms with Crippen molar-refractivity contribution in [2.24, 2.45) is 0 Å². The van der Waals surface area contributed by atoms with E-state index in [0.717, 1.165) is 44.3 Å². The van der Waals surface area contributed by atoms with Gasteiger partial charge in [0.05, 0.1) is 36.1 Å². The maximum absolute atomic E-state index is 6.42. The van der Waals surface area contributed by atoms with E-state index in [4.69, 9.17) is 37.4 Å². The van der Waals surface area contributed by atoms with Crippen molar-refractivity contribution in [3.05, 3.63) is 64.3 Å². The monoisotopic (exact) mass is 463 g/mol. The molecule has 3 rings (SSSR count). The number of nitrogens with one attached hydrogen (secondary N) is 1. The molecular formula is C23H27Cl2N3O3. The van der Waals surface area contributed by atoms with Crippen molar-refractivity contribution in [3.63, 3.8) is 0 Å². The summed E-state index contributed by atoms with van der Waals surface area (Å²) < 4.78 is 16.5. The number of rotatable bonds is 7. The van der Waals surface area contributed by atoms with Gasteiger partial charge in [0.25, 0.3) is 0 Å². The molecule has 0 bridgehead atoms. The summed E-state index contributed by atoms with van der Waals surface area (Å²) in [6.45, 7) is 6.73. The second kappa shape index (κ2) is 12.0. The van der Waals surface area contributed by atoms with Gasteiger partial charge in [0.15, 0.2) is 0 Å². The summed E-state index contributed by atoms with van der Waals surface area (Å²) in [7, 11) is 1.58. The van der Waals surface area contributed by atoms with Crippen LogP contribution in [0, 0.1) is 6.92 Å². The van der Waals surface area contributed by atoms with E-state index in [1.165, 1.54) is 0 Å². The molecule has 1 fully saturated rings. The van der Waals surface area contributed by atoms with Crippen LogP contribution in [0.15, 0.2) is 48.5 Å². The summed E-state index contributed by atoms with van der Waals surface area (Å²) in [6, 6.07) is 14.7. The first-order valence-corrected chi connectivity index (χ1v) is 10.9. The molecule has 6 nitrogen and oxygen atoms in total. The summed E-state index contributed by atoms with van der Waals surface area (Å²) in [6.07, 6.45) is 0. The molecule has 1 aromatic heterocycles. The van der Waals surface area contributed by atoms with E-state index in [2.05, 4.69) is 15.2 Å². The number of benzene rings is 1. The van der Waals surface area contributed by atoms with E-state index in [1.807, 2.05) is 37.3 Å². The van der Waals surface area contributed by atoms with E-state index in [-0.39, 0.29) is 0 Å². The van der Waals surface area contributed by atoms with Gasteiger partial charge in [-0.25, -0.2) is 4.98 Å². The molecule has 2 aromatic rings. The molecule has 0 unspecified atom stereocenters. The van der Waals surface area contributed by atoms with Gasteiger partial charge in [-0.3, -0.25) is 4.90 Å². The molecule has 2 heterocycles. The van der Waals surface area contributed by atoms with Crippen LogP contribution in [0.5, 0.6) is 11.5 Å². The maximum Gasteiger partial charge on any atom is 0.137 e. The van der Waals surface area contributed by atoms with Crippen LogP contribution < -0.4 is 14.8 Å². The van der Waals surface area contributed by atoms with Gasteiger partial charge in [0.2, 0.25) is 0 Å². The predicted molar refractivity (Wildman–Crippen MR) is 126 cm³/mol. The topological polar surface area (TPSA) is 55.8 Å². The lowest BCUT2D eigenvalue weighted by molar-refractivity contribution is 0.0322. The van der Waals surface area contributed by atoms with Crippen molar-refractivity contribution < 1.29 is 14.2 Å². The number of methoxy groups -OCH3 is 1. The highest BCUT2D eigenvalue weighted by atomic mass is 35.5. The zero-order chi connectivity index (χ0) is 22.1. The Morgan fingerprint density at radius 2 is 1.87 bits per heavy atom. The van der Waals surface area contributed by atoms with E-state index < -0.39 is 0 Å². The number of aromatic nitrogens is 1. The normalized spacial score (nSPS) is 13.9. The number of nitrogens with zero attached hydrogens (tertiary/aromatic N) is 2. The lowest BCUT2D eigenvalue weighted by atomic mass is 10.3. The van der Waals surface area contributed by atoms with Crippen LogP contribution in [0.3, 0.4) is 0 Å². The van der Waals surface area contributed by atoms with Crippen molar-refractivity contribution in [2.45, 2.75) is 6.92 Å². The number of anilines is 2. The minimum Gasteiger partial charge on any atom is -0.495 e. The van der Waals surface area contributed by atoms with Gasteiger partial charge < -0.3 is 19.5 Å². The van der Waals surface area contributed by atoms with Crippen LogP contribution in [0.2, 0.25) is 10.0 Å². The average Bonchev–Trinajstić information content (AvgIpc) is 2.77. The fraction of sp³-hybridized carbons (Fsp3) is 0.348. The molecule has 0 spiro atoms. The van der Waals surface area contributed by atoms with Crippen LogP contribution >= 0.6 is 23.2 Å². The maximum atomic E-state index is 6.42. The van der Waals surface area contributed by atoms with Gasteiger partial charge in [-0.05, 0) is 49.4 Å². The molecule has 166 valence electrons. The molecule has 0 amide bonds. The fourth-order valence-electron chi connectivity index (χ4n) is 3.01. The average molecular weight is 464 g/mol. The molecule has 1 aromatic carbocycles. The van der Waals surface area contributed by atoms with Crippen molar-refractivity contribution in [2.75, 3.05) is 51.9 Å². The Morgan fingerprint density at radius 1 is 1.06 bits per heavy atom. The number of morpholine rings is 1. The largest absolute Gasteiger partial charge is 0.495 e. The van der Waals surface area contributed by atoms with Crippen LogP contribution in [-0.2, 0) is 4.74 Å². The van der Waals surface area contributed by atoms with E-state index >= 15 is 0 Å². The molecule has 0 atom stereocenters. The van der Waals surface area contributed by atoms with Gasteiger partial charge in [-0.15, -0.1) is 0 Å². The van der Waals surface area contributed by atoms with Gasteiger partial charge in [0.1, 0.15) is 23.9 Å². The molecule has 31 heavy (non-hydrogen) atoms. The Hall–Kier alpha value is -2.25. The van der Waals surface area contributed by atoms with Crippen molar-refractivity contribution in [1.82, 2.24) is 9.88 Å². The predicted octanol–water partition coefficient (Wildman–Crippen LogP) is 5.28. The van der Waals surface area contributed by atoms with E-state index in [0.29, 0.717) is 33.9 Å². The van der Waals surface area contributed by atoms with Gasteiger partial charge in [0, 0.05) is 25.3 Å². The Morgan fingerprint density at radius 3 is 2.61 bits per heavy atom. The third kappa shape index (κ3) is 7.43. The summed E-state index contributed by atoms with van der Waals surface area (Å²) in [5, 5.41) is 4.31. The molecular weight excluding hydrogens is 437 g/mol. The summed E-state index contributed by atoms with van der Waals surface area (Å²) in [4.78, 5) is 6.92. The second-order valence-electron chi connectivity index (χ2n) is 6.97. The van der Waals surface area contributed by atoms with Crippen molar-refractivity contribution in [3.8, 4) is 11.5 Å². The number of hydrogen-bond acceptors (Lipinski definition) is 6. The van der Waals surface area contributed by atoms with Crippen molar-refractivity contribution in [1.29, 1.82) is 0 Å². The Bertz CT molecular complexity index is 936. The molecule has 0 radical (unpaired) electrons. The lowest BCUT2D eigenvalue weighted by Gasteiger charge is -2.26. The molecule has 1 saturated heterocycles. The third-order valence-electron chi connectivity index (χ3n) is 4.75. The molecule has 0 aliphatic carbocycles. The first-order chi connectivity index (χ1) is 15.0. The smallest absolute Gasteiger partial charge is 0.137 e. The Labute approximate surface area is 193 Å². The zero-order valence-corrected chi connectivity index (χ0v) is 19.2. The number of aryl methyl sites for hydroxylation is 1. The number of hydrogen-bond donors (Lipinski definition) is 1. The highest BCUT2D eigenvalue weighted by Gasteiger charge is 2.09. The van der Waals surface area contributed by atoms with Crippen molar-refractivity contribution >= 4 is 34.7 Å². The van der Waals surface area contributed by atoms with Gasteiger partial charge in [-0.2, -0.15) is 0 Å². The lowest BCUT2D eigenvalue weighted by Crippen LogP contribution is -2.38. The van der Waals surface area contributed by atoms with Crippen LogP contribution in [0.4, 0.5) is 11.5 Å². The third-order valence-corrected chi connectivity index (χ3v) is 5.44. The quantitative estimate of drug-likeness (QED) is 0.602. The molecule has 1 N–H and O–H groups in total. The fourth-order valence-corrected chi connectivity index (χ4v) is 3.38. The SMILES string of the molecule is COc1ccc(Nc2cccc(OCCN3CCOCC3)ccc(Cl)c(C)n2)cc1Cl. The van der Waals surface area contributed by atoms with Crippen LogP contribution in [0.1, 0.15) is 5.69 Å². The number of ether oxygens (including phenoxy) is 3. The number of halogens is 2. The molecule has 1 aliphatic heterocycles. The highest BCUT2D eigenvalue weighted by molar-refractivity contribution is 6.32. The standard InChI is InChI=1S/C23H27Cl2N3O3/c1-17-20(24)8-7-19(31-15-12-28-10-13-30-14-11-28)4-3-5-23(26-17)27-18-6-9-22(29-2)21(25)16-18/h3-9,16H,10-15H2,1-2H3,(H,26,27). The van der Waals surface area contributed by atoms with E-state index in [1.54, 1.807) is 25.3 Å². The minimum atomic E-state index is 0.515. The Balaban J connectivity index is 1.76. The second-order valence-corrected chi connectivity index (χ2v) is 7.78. The Kier molecular flexibility index (Phi) is 9.03. The van der Waals surface area contributed by atoms with Gasteiger partial charge >= 0.3 is 0 Å². The highest BCUT2D eigenvalue weighted by Crippen LogP contribution is 2.28. The first-order valence-electron chi connectivity index (χ1n) is 10.1. The minimum absolute atomic E-state index is 0.515. The summed E-state index contributed by atoms with van der Waals surface area (Å²) in [5.74, 6) is 1.96. The van der Waals surface area contributed by atoms with E-state index in [9.17, 15) is 0 Å². The zero-order valence-electron chi connectivity index (χ0n) is 17.7. The first kappa shape index (κ1) is 23.4. The van der Waals surface area contributed by atoms with Crippen LogP contribution in [-0.4, -0.2) is 56.4 Å². The summed E-state index contributed by atoms with van der Waals surface area (Å²) >= 11 is 12.6. The molecule has 0 saturated carbocycles. The molecule has 8 heteroatoms. The molecule has 1 aliphatic rings.